The topological polar surface area (TPSA) is 91.4 Å². The van der Waals surface area contributed by atoms with Gasteiger partial charge in [0.1, 0.15) is 5.69 Å². The first-order valence-corrected chi connectivity index (χ1v) is 17.1. The number of para-hydroxylation sites is 2. The van der Waals surface area contributed by atoms with Crippen LogP contribution in [0, 0.1) is 0 Å². The number of pyridine rings is 1. The third-order valence-corrected chi connectivity index (χ3v) is 10.2. The van der Waals surface area contributed by atoms with Crippen LogP contribution in [0.1, 0.15) is 12.7 Å². The third kappa shape index (κ3) is 4.93. The molecule has 0 aliphatic rings. The van der Waals surface area contributed by atoms with Crippen LogP contribution < -0.4 is 0 Å². The van der Waals surface area contributed by atoms with Crippen LogP contribution in [0.4, 0.5) is 0 Å². The van der Waals surface area contributed by atoms with Crippen molar-refractivity contribution in [3.63, 3.8) is 0 Å². The zero-order valence-electron chi connectivity index (χ0n) is 28.3. The van der Waals surface area contributed by atoms with Crippen LogP contribution in [-0.2, 0) is 5.60 Å². The van der Waals surface area contributed by atoms with E-state index in [9.17, 15) is 15.3 Å². The van der Waals surface area contributed by atoms with E-state index in [2.05, 4.69) is 94.9 Å². The Morgan fingerprint density at radius 1 is 0.538 bits per heavy atom. The summed E-state index contributed by atoms with van der Waals surface area (Å²) in [4.78, 5) is 9.21. The first-order chi connectivity index (χ1) is 25.2. The molecule has 0 amide bonds. The van der Waals surface area contributed by atoms with Gasteiger partial charge in [0.05, 0.1) is 22.4 Å². The molecule has 0 fully saturated rings. The van der Waals surface area contributed by atoms with Gasteiger partial charge in [-0.1, -0.05) is 121 Å². The van der Waals surface area contributed by atoms with E-state index in [0.717, 1.165) is 60.3 Å². The second-order valence-electron chi connectivity index (χ2n) is 13.4. The molecule has 6 nitrogen and oxygen atoms in total. The Balaban J connectivity index is 1.31. The Morgan fingerprint density at radius 3 is 1.69 bits per heavy atom. The second-order valence-corrected chi connectivity index (χ2v) is 13.4. The first kappa shape index (κ1) is 31.8. The monoisotopic (exact) mass is 673 g/mol. The van der Waals surface area contributed by atoms with Crippen molar-refractivity contribution in [3.8, 4) is 39.2 Å². The lowest BCUT2D eigenvalue weighted by Gasteiger charge is -2.34. The van der Waals surface area contributed by atoms with E-state index in [1.807, 2.05) is 72.9 Å². The van der Waals surface area contributed by atoms with Gasteiger partial charge in [-0.2, -0.15) is 0 Å². The molecule has 0 saturated heterocycles. The highest BCUT2D eigenvalue weighted by molar-refractivity contribution is 6.24. The molecule has 2 radical (unpaired) electrons. The number of imidazole rings is 1. The fourth-order valence-electron chi connectivity index (χ4n) is 7.53. The molecular formula is C45H32BN3O3. The molecule has 0 saturated carbocycles. The quantitative estimate of drug-likeness (QED) is 0.0932. The van der Waals surface area contributed by atoms with Crippen molar-refractivity contribution in [2.45, 2.75) is 18.2 Å². The predicted octanol–water partition coefficient (Wildman–Crippen LogP) is 8.90. The van der Waals surface area contributed by atoms with Crippen molar-refractivity contribution in [2.75, 3.05) is 0 Å². The Labute approximate surface area is 301 Å². The van der Waals surface area contributed by atoms with Crippen LogP contribution in [-0.4, -0.2) is 43.4 Å². The number of hydrogen-bond acceptors (Lipinski definition) is 5. The number of nitrogens with zero attached hydrogens (tertiary/aromatic N) is 3. The van der Waals surface area contributed by atoms with Crippen molar-refractivity contribution in [3.05, 3.63) is 164 Å². The number of aromatic nitrogens is 3. The van der Waals surface area contributed by atoms with Crippen molar-refractivity contribution in [2.24, 2.45) is 0 Å². The molecule has 0 bridgehead atoms. The maximum Gasteiger partial charge on any atom is 0.163 e. The second kappa shape index (κ2) is 12.0. The SMILES string of the molecule is [B]C(O)(O)C(C)(O)c1nc2ccccc2n1-c1ccc(-c2c3ccccc3c(-c3ccc(-c4ccccn4)cc3)c3ccccc23)c2ccccc12. The van der Waals surface area contributed by atoms with Crippen LogP contribution in [0.2, 0.25) is 0 Å². The van der Waals surface area contributed by atoms with Crippen LogP contribution in [0.3, 0.4) is 0 Å². The van der Waals surface area contributed by atoms with Gasteiger partial charge in [0.15, 0.2) is 19.3 Å². The summed E-state index contributed by atoms with van der Waals surface area (Å²) < 4.78 is 1.77. The van der Waals surface area contributed by atoms with Gasteiger partial charge >= 0.3 is 0 Å². The van der Waals surface area contributed by atoms with E-state index in [1.54, 1.807) is 4.57 Å². The number of aliphatic hydroxyl groups is 3. The van der Waals surface area contributed by atoms with Crippen LogP contribution in [0.5, 0.6) is 0 Å². The van der Waals surface area contributed by atoms with Gasteiger partial charge < -0.3 is 15.3 Å². The molecule has 2 heterocycles. The molecule has 9 aromatic rings. The summed E-state index contributed by atoms with van der Waals surface area (Å²) in [7, 11) is 5.73. The van der Waals surface area contributed by atoms with Crippen LogP contribution >= 0.6 is 0 Å². The summed E-state index contributed by atoms with van der Waals surface area (Å²) >= 11 is 0. The first-order valence-electron chi connectivity index (χ1n) is 17.1. The molecule has 52 heavy (non-hydrogen) atoms. The minimum absolute atomic E-state index is 0.00780. The van der Waals surface area contributed by atoms with E-state index < -0.39 is 11.3 Å². The van der Waals surface area contributed by atoms with Gasteiger partial charge in [-0.15, -0.1) is 0 Å². The Kier molecular flexibility index (Phi) is 7.35. The van der Waals surface area contributed by atoms with E-state index >= 15 is 0 Å². The maximum absolute atomic E-state index is 11.5. The summed E-state index contributed by atoms with van der Waals surface area (Å²) in [6.07, 6.45) is 1.81. The smallest absolute Gasteiger partial charge is 0.163 e. The number of benzene rings is 7. The van der Waals surface area contributed by atoms with Gasteiger partial charge in [0.2, 0.25) is 0 Å². The highest BCUT2D eigenvalue weighted by Crippen LogP contribution is 2.46. The minimum Gasteiger partial charge on any atom is -0.378 e. The molecule has 0 spiro atoms. The summed E-state index contributed by atoms with van der Waals surface area (Å²) in [6.45, 7) is 1.26. The van der Waals surface area contributed by atoms with E-state index in [4.69, 9.17) is 7.85 Å². The van der Waals surface area contributed by atoms with E-state index in [-0.39, 0.29) is 5.82 Å². The lowest BCUT2D eigenvalue weighted by Crippen LogP contribution is -2.51. The molecule has 3 N–H and O–H groups in total. The number of rotatable bonds is 6. The highest BCUT2D eigenvalue weighted by atomic mass is 16.5. The Hall–Kier alpha value is -6.12. The lowest BCUT2D eigenvalue weighted by atomic mass is 9.79. The van der Waals surface area contributed by atoms with Crippen molar-refractivity contribution < 1.29 is 15.3 Å². The van der Waals surface area contributed by atoms with Crippen molar-refractivity contribution >= 4 is 51.2 Å². The summed E-state index contributed by atoms with van der Waals surface area (Å²) in [5.74, 6) is 0.00780. The molecular weight excluding hydrogens is 641 g/mol. The van der Waals surface area contributed by atoms with Gasteiger partial charge in [-0.25, -0.2) is 4.98 Å². The maximum atomic E-state index is 11.5. The summed E-state index contributed by atoms with van der Waals surface area (Å²) in [5.41, 5.74) is 3.14. The average molecular weight is 674 g/mol. The van der Waals surface area contributed by atoms with Crippen LogP contribution in [0.15, 0.2) is 158 Å². The predicted molar refractivity (Wildman–Crippen MR) is 210 cm³/mol. The average Bonchev–Trinajstić information content (AvgIpc) is 3.57. The molecule has 0 aliphatic carbocycles. The number of hydrogen-bond donors (Lipinski definition) is 3. The molecule has 2 aromatic heterocycles. The molecule has 1 unspecified atom stereocenters. The molecule has 7 heteroatoms. The Morgan fingerprint density at radius 2 is 1.08 bits per heavy atom. The largest absolute Gasteiger partial charge is 0.378 e. The summed E-state index contributed by atoms with van der Waals surface area (Å²) in [6, 6.07) is 51.4. The molecule has 0 aliphatic heterocycles. The fourth-order valence-corrected chi connectivity index (χ4v) is 7.53. The zero-order valence-corrected chi connectivity index (χ0v) is 28.3. The van der Waals surface area contributed by atoms with Crippen molar-refractivity contribution in [1.29, 1.82) is 0 Å². The molecule has 1 atom stereocenters. The molecule has 7 aromatic carbocycles. The van der Waals surface area contributed by atoms with Gasteiger partial charge in [-0.05, 0) is 86.4 Å². The standard InChI is InChI=1S/C45H32BN3O3/c1-44(50,45(46,51)52)43-48-38-19-8-9-20-40(38)49(43)39-26-25-36(30-12-2-3-13-31(30)39)42-34-16-6-4-14-32(34)41(33-15-5-7-17-35(33)42)29-23-21-28(22-24-29)37-18-10-11-27-47-37/h2-27,50-52H,1H3. The van der Waals surface area contributed by atoms with Gasteiger partial charge in [0.25, 0.3) is 0 Å². The van der Waals surface area contributed by atoms with Gasteiger partial charge in [-0.3, -0.25) is 9.55 Å². The normalized spacial score (nSPS) is 13.2. The molecule has 248 valence electrons. The Bertz CT molecular complexity index is 2750. The van der Waals surface area contributed by atoms with E-state index in [1.165, 1.54) is 12.5 Å². The van der Waals surface area contributed by atoms with Gasteiger partial charge in [0, 0.05) is 17.1 Å². The highest BCUT2D eigenvalue weighted by Gasteiger charge is 2.45. The molecule has 9 rings (SSSR count). The zero-order chi connectivity index (χ0) is 35.6. The number of fused-ring (bicyclic) bond motifs is 4. The van der Waals surface area contributed by atoms with E-state index in [0.29, 0.717) is 16.7 Å². The fraction of sp³-hybridized carbons (Fsp3) is 0.0667. The lowest BCUT2D eigenvalue weighted by molar-refractivity contribution is -0.220. The summed E-state index contributed by atoms with van der Waals surface area (Å²) in [5, 5.41) is 38.9. The van der Waals surface area contributed by atoms with Crippen LogP contribution in [0.25, 0.3) is 82.5 Å². The third-order valence-electron chi connectivity index (χ3n) is 10.2. The minimum atomic E-state index is -2.96. The van der Waals surface area contributed by atoms with Crippen molar-refractivity contribution in [1.82, 2.24) is 14.5 Å².